The molecule has 0 saturated carbocycles. The highest BCUT2D eigenvalue weighted by Crippen LogP contribution is 2.35. The van der Waals surface area contributed by atoms with Crippen LogP contribution in [0.3, 0.4) is 0 Å². The van der Waals surface area contributed by atoms with Crippen molar-refractivity contribution in [1.82, 2.24) is 14.9 Å². The Balaban J connectivity index is 1.77. The maximum atomic E-state index is 14.4. The maximum Gasteiger partial charge on any atom is 0.417 e. The zero-order valence-corrected chi connectivity index (χ0v) is 19.0. The van der Waals surface area contributed by atoms with Crippen LogP contribution in [0.25, 0.3) is 11.3 Å². The molecule has 3 aromatic rings. The summed E-state index contributed by atoms with van der Waals surface area (Å²) in [6.45, 7) is 4.01. The second kappa shape index (κ2) is 9.49. The molecule has 1 aromatic carbocycles. The van der Waals surface area contributed by atoms with Gasteiger partial charge < -0.3 is 20.1 Å². The molecule has 1 aliphatic heterocycles. The molecule has 184 valence electrons. The lowest BCUT2D eigenvalue weighted by atomic mass is 10.1. The van der Waals surface area contributed by atoms with Crippen LogP contribution in [0.15, 0.2) is 53.6 Å². The topological polar surface area (TPSA) is 81.3 Å². The lowest BCUT2D eigenvalue weighted by Crippen LogP contribution is -2.50. The van der Waals surface area contributed by atoms with Gasteiger partial charge in [-0.3, -0.25) is 14.6 Å². The van der Waals surface area contributed by atoms with Gasteiger partial charge in [-0.05, 0) is 38.2 Å². The van der Waals surface area contributed by atoms with Crippen LogP contribution < -0.4 is 15.8 Å². The van der Waals surface area contributed by atoms with Crippen LogP contribution in [0.2, 0.25) is 0 Å². The van der Waals surface area contributed by atoms with E-state index in [-0.39, 0.29) is 17.4 Å². The summed E-state index contributed by atoms with van der Waals surface area (Å²) in [5.74, 6) is -1.64. The molecular formula is C24H23F4N5O2. The molecule has 0 aliphatic carbocycles. The summed E-state index contributed by atoms with van der Waals surface area (Å²) in [5.41, 5.74) is -1.88. The minimum absolute atomic E-state index is 0.0429. The zero-order valence-electron chi connectivity index (χ0n) is 19.0. The molecular weight excluding hydrogens is 466 g/mol. The number of nitrogens with zero attached hydrogens (tertiary/aromatic N) is 3. The zero-order chi connectivity index (χ0) is 25.3. The number of aromatic amines is 1. The van der Waals surface area contributed by atoms with E-state index in [4.69, 9.17) is 0 Å². The van der Waals surface area contributed by atoms with Crippen molar-refractivity contribution in [3.8, 4) is 11.3 Å². The third-order valence-electron chi connectivity index (χ3n) is 6.05. The fraction of sp³-hybridized carbons (Fsp3) is 0.292. The van der Waals surface area contributed by atoms with Gasteiger partial charge in [0.15, 0.2) is 0 Å². The van der Waals surface area contributed by atoms with Gasteiger partial charge in [0.2, 0.25) is 5.56 Å². The molecule has 11 heteroatoms. The van der Waals surface area contributed by atoms with Crippen molar-refractivity contribution in [2.75, 3.05) is 36.9 Å². The fourth-order valence-corrected chi connectivity index (χ4v) is 4.01. The number of halogens is 4. The average molecular weight is 489 g/mol. The highest BCUT2D eigenvalue weighted by atomic mass is 19.4. The number of pyridine rings is 2. The summed E-state index contributed by atoms with van der Waals surface area (Å²) in [6.07, 6.45) is -2.75. The number of aromatic nitrogens is 2. The summed E-state index contributed by atoms with van der Waals surface area (Å²) in [4.78, 5) is 34.8. The summed E-state index contributed by atoms with van der Waals surface area (Å²) in [6, 6.07) is 8.05. The van der Waals surface area contributed by atoms with Crippen molar-refractivity contribution >= 4 is 17.3 Å². The van der Waals surface area contributed by atoms with E-state index in [2.05, 4.69) is 20.2 Å². The molecule has 1 amide bonds. The number of rotatable bonds is 4. The molecule has 1 unspecified atom stereocenters. The van der Waals surface area contributed by atoms with E-state index < -0.39 is 34.6 Å². The van der Waals surface area contributed by atoms with E-state index in [9.17, 15) is 27.2 Å². The highest BCUT2D eigenvalue weighted by Gasteiger charge is 2.36. The molecule has 35 heavy (non-hydrogen) atoms. The molecule has 7 nitrogen and oxygen atoms in total. The van der Waals surface area contributed by atoms with Crippen LogP contribution in [0.4, 0.5) is 28.9 Å². The summed E-state index contributed by atoms with van der Waals surface area (Å²) < 4.78 is 54.9. The van der Waals surface area contributed by atoms with E-state index in [1.165, 1.54) is 24.4 Å². The Kier molecular flexibility index (Phi) is 6.62. The Morgan fingerprint density at radius 1 is 1.20 bits per heavy atom. The van der Waals surface area contributed by atoms with Gasteiger partial charge in [0, 0.05) is 49.7 Å². The standard InChI is InChI=1S/C24H23F4N5O2/c1-14-13-33(9-8-32(14)2)20-6-5-15(22-18(25)4-3-7-29-22)10-19(20)31-23(35)16-12-30-21(34)11-17(16)24(26,27)28/h3-7,10-12,14H,8-9,13H2,1-2H3,(H,30,34)(H,31,35). The second-order valence-corrected chi connectivity index (χ2v) is 8.42. The second-order valence-electron chi connectivity index (χ2n) is 8.42. The fourth-order valence-electron chi connectivity index (χ4n) is 4.01. The molecule has 4 rings (SSSR count). The lowest BCUT2D eigenvalue weighted by Gasteiger charge is -2.39. The van der Waals surface area contributed by atoms with Crippen molar-refractivity contribution in [1.29, 1.82) is 0 Å². The predicted molar refractivity (Wildman–Crippen MR) is 124 cm³/mol. The first-order valence-corrected chi connectivity index (χ1v) is 10.9. The van der Waals surface area contributed by atoms with Crippen LogP contribution in [0.5, 0.6) is 0 Å². The van der Waals surface area contributed by atoms with E-state index in [0.717, 1.165) is 12.7 Å². The average Bonchev–Trinajstić information content (AvgIpc) is 2.80. The monoisotopic (exact) mass is 489 g/mol. The number of carbonyl (C=O) groups is 1. The quantitative estimate of drug-likeness (QED) is 0.542. The minimum atomic E-state index is -4.91. The number of hydrogen-bond acceptors (Lipinski definition) is 5. The van der Waals surface area contributed by atoms with Crippen molar-refractivity contribution in [2.24, 2.45) is 0 Å². The molecule has 1 fully saturated rings. The smallest absolute Gasteiger partial charge is 0.367 e. The third-order valence-corrected chi connectivity index (χ3v) is 6.05. The molecule has 0 bridgehead atoms. The van der Waals surface area contributed by atoms with Gasteiger partial charge in [0.25, 0.3) is 5.91 Å². The Morgan fingerprint density at radius 2 is 1.97 bits per heavy atom. The van der Waals surface area contributed by atoms with Crippen molar-refractivity contribution < 1.29 is 22.4 Å². The summed E-state index contributed by atoms with van der Waals surface area (Å²) in [5, 5.41) is 2.55. The van der Waals surface area contributed by atoms with Crippen molar-refractivity contribution in [3.63, 3.8) is 0 Å². The third kappa shape index (κ3) is 5.19. The number of likely N-dealkylation sites (N-methyl/N-ethyl adjacent to an activating group) is 1. The Labute approximate surface area is 198 Å². The molecule has 2 aromatic heterocycles. The summed E-state index contributed by atoms with van der Waals surface area (Å²) in [7, 11) is 1.99. The van der Waals surface area contributed by atoms with E-state index in [1.54, 1.807) is 12.1 Å². The Morgan fingerprint density at radius 3 is 2.66 bits per heavy atom. The number of carbonyl (C=O) groups excluding carboxylic acids is 1. The molecule has 1 aliphatic rings. The van der Waals surface area contributed by atoms with Crippen LogP contribution in [-0.4, -0.2) is 53.5 Å². The summed E-state index contributed by atoms with van der Waals surface area (Å²) >= 11 is 0. The number of nitrogens with one attached hydrogen (secondary N) is 2. The predicted octanol–water partition coefficient (Wildman–Crippen LogP) is 3.99. The molecule has 0 spiro atoms. The van der Waals surface area contributed by atoms with Crippen molar-refractivity contribution in [2.45, 2.75) is 19.1 Å². The van der Waals surface area contributed by atoms with E-state index in [1.807, 2.05) is 18.9 Å². The van der Waals surface area contributed by atoms with E-state index in [0.29, 0.717) is 30.4 Å². The number of anilines is 2. The van der Waals surface area contributed by atoms with Crippen molar-refractivity contribution in [3.05, 3.63) is 76.1 Å². The van der Waals surface area contributed by atoms with Gasteiger partial charge in [-0.2, -0.15) is 13.2 Å². The SMILES string of the molecule is CC1CN(c2ccc(-c3ncccc3F)cc2NC(=O)c2c[nH]c(=O)cc2C(F)(F)F)CCN1C. The van der Waals surface area contributed by atoms with Crippen LogP contribution in [-0.2, 0) is 6.18 Å². The Bertz CT molecular complexity index is 1310. The molecule has 2 N–H and O–H groups in total. The van der Waals surface area contributed by atoms with Crippen LogP contribution >= 0.6 is 0 Å². The number of alkyl halides is 3. The Hall–Kier alpha value is -3.73. The first-order valence-electron chi connectivity index (χ1n) is 10.9. The normalized spacial score (nSPS) is 16.9. The van der Waals surface area contributed by atoms with Gasteiger partial charge >= 0.3 is 6.18 Å². The van der Waals surface area contributed by atoms with Crippen LogP contribution in [0.1, 0.15) is 22.8 Å². The van der Waals surface area contributed by atoms with Gasteiger partial charge in [0.1, 0.15) is 11.5 Å². The number of amides is 1. The van der Waals surface area contributed by atoms with Crippen LogP contribution in [0, 0.1) is 5.82 Å². The number of piperazine rings is 1. The lowest BCUT2D eigenvalue weighted by molar-refractivity contribution is -0.138. The molecule has 0 radical (unpaired) electrons. The van der Waals surface area contributed by atoms with Gasteiger partial charge in [-0.15, -0.1) is 0 Å². The number of benzene rings is 1. The molecule has 3 heterocycles. The minimum Gasteiger partial charge on any atom is -0.367 e. The maximum absolute atomic E-state index is 14.4. The highest BCUT2D eigenvalue weighted by molar-refractivity contribution is 6.07. The largest absolute Gasteiger partial charge is 0.417 e. The van der Waals surface area contributed by atoms with Gasteiger partial charge in [-0.1, -0.05) is 6.07 Å². The van der Waals surface area contributed by atoms with Gasteiger partial charge in [-0.25, -0.2) is 4.39 Å². The first kappa shape index (κ1) is 24.4. The number of hydrogen-bond donors (Lipinski definition) is 2. The number of H-pyrrole nitrogens is 1. The molecule has 1 atom stereocenters. The molecule has 1 saturated heterocycles. The van der Waals surface area contributed by atoms with Gasteiger partial charge in [0.05, 0.1) is 22.5 Å². The van der Waals surface area contributed by atoms with E-state index >= 15 is 0 Å². The first-order chi connectivity index (χ1) is 16.5.